The summed E-state index contributed by atoms with van der Waals surface area (Å²) in [4.78, 5) is -0.127. The lowest BCUT2D eigenvalue weighted by molar-refractivity contribution is 0.0123. The molecule has 0 aromatic heterocycles. The van der Waals surface area contributed by atoms with E-state index in [-0.39, 0.29) is 28.3 Å². The van der Waals surface area contributed by atoms with Gasteiger partial charge in [0.05, 0.1) is 16.8 Å². The first kappa shape index (κ1) is 16.8. The van der Waals surface area contributed by atoms with E-state index in [2.05, 4.69) is 4.72 Å². The van der Waals surface area contributed by atoms with Gasteiger partial charge >= 0.3 is 0 Å². The number of nitrogens with two attached hydrogens (primary N) is 1. The van der Waals surface area contributed by atoms with Crippen LogP contribution in [0.1, 0.15) is 25.7 Å². The van der Waals surface area contributed by atoms with Gasteiger partial charge in [-0.05, 0) is 37.8 Å². The summed E-state index contributed by atoms with van der Waals surface area (Å²) in [7, 11) is -3.76. The fourth-order valence-corrected chi connectivity index (χ4v) is 4.35. The number of anilines is 1. The number of halogens is 2. The Labute approximate surface area is 134 Å². The van der Waals surface area contributed by atoms with Crippen molar-refractivity contribution in [3.05, 3.63) is 22.2 Å². The molecule has 1 saturated heterocycles. The van der Waals surface area contributed by atoms with E-state index in [1.54, 1.807) is 0 Å². The van der Waals surface area contributed by atoms with Crippen molar-refractivity contribution < 1.29 is 13.2 Å². The molecule has 1 heterocycles. The van der Waals surface area contributed by atoms with Crippen molar-refractivity contribution >= 4 is 38.9 Å². The number of ether oxygens (including phenoxy) is 1. The molecule has 21 heavy (non-hydrogen) atoms. The SMILES string of the molecule is Nc1cc(Cl)cc(Cl)c1S(=O)(=O)NCCC1CCCCO1. The van der Waals surface area contributed by atoms with Crippen molar-refractivity contribution in [3.63, 3.8) is 0 Å². The maximum Gasteiger partial charge on any atom is 0.244 e. The van der Waals surface area contributed by atoms with E-state index >= 15 is 0 Å². The molecule has 8 heteroatoms. The van der Waals surface area contributed by atoms with E-state index in [1.165, 1.54) is 12.1 Å². The maximum absolute atomic E-state index is 12.3. The highest BCUT2D eigenvalue weighted by Gasteiger charge is 2.22. The summed E-state index contributed by atoms with van der Waals surface area (Å²) in [5, 5.41) is 0.313. The zero-order chi connectivity index (χ0) is 15.5. The van der Waals surface area contributed by atoms with Crippen LogP contribution in [0.5, 0.6) is 0 Å². The summed E-state index contributed by atoms with van der Waals surface area (Å²) in [5.41, 5.74) is 5.75. The Kier molecular flexibility index (Phi) is 5.73. The third-order valence-corrected chi connectivity index (χ3v) is 5.54. The Bertz CT molecular complexity index is 578. The van der Waals surface area contributed by atoms with Gasteiger partial charge in [-0.3, -0.25) is 0 Å². The van der Waals surface area contributed by atoms with Crippen molar-refractivity contribution in [2.75, 3.05) is 18.9 Å². The van der Waals surface area contributed by atoms with Crippen LogP contribution < -0.4 is 10.5 Å². The summed E-state index contributed by atoms with van der Waals surface area (Å²) < 4.78 is 32.6. The lowest BCUT2D eigenvalue weighted by Crippen LogP contribution is -2.30. The second kappa shape index (κ2) is 7.15. The van der Waals surface area contributed by atoms with Gasteiger partial charge in [0.25, 0.3) is 0 Å². The molecule has 0 amide bonds. The molecule has 0 spiro atoms. The first-order valence-electron chi connectivity index (χ1n) is 6.76. The number of nitrogens with one attached hydrogen (secondary N) is 1. The Morgan fingerprint density at radius 1 is 1.33 bits per heavy atom. The van der Waals surface area contributed by atoms with Crippen LogP contribution in [-0.2, 0) is 14.8 Å². The van der Waals surface area contributed by atoms with Crippen LogP contribution in [0.2, 0.25) is 10.0 Å². The highest BCUT2D eigenvalue weighted by molar-refractivity contribution is 7.89. The second-order valence-corrected chi connectivity index (χ2v) is 7.53. The standard InChI is InChI=1S/C13H18Cl2N2O3S/c14-9-7-11(15)13(12(16)8-9)21(18,19)17-5-4-10-3-1-2-6-20-10/h7-8,10,17H,1-6,16H2. The Balaban J connectivity index is 2.01. The minimum absolute atomic E-state index is 0.0152. The third kappa shape index (κ3) is 4.47. The number of nitrogen functional groups attached to an aromatic ring is 1. The quantitative estimate of drug-likeness (QED) is 0.798. The Hall–Kier alpha value is -0.530. The summed E-state index contributed by atoms with van der Waals surface area (Å²) in [6, 6.07) is 2.73. The normalized spacial score (nSPS) is 19.6. The van der Waals surface area contributed by atoms with Gasteiger partial charge in [0, 0.05) is 18.2 Å². The molecular formula is C13H18Cl2N2O3S. The molecule has 1 aliphatic heterocycles. The summed E-state index contributed by atoms with van der Waals surface area (Å²) in [6.07, 6.45) is 3.89. The molecule has 1 fully saturated rings. The number of hydrogen-bond donors (Lipinski definition) is 2. The van der Waals surface area contributed by atoms with Gasteiger partial charge in [0.15, 0.2) is 0 Å². The lowest BCUT2D eigenvalue weighted by atomic mass is 10.1. The van der Waals surface area contributed by atoms with Crippen LogP contribution in [0.15, 0.2) is 17.0 Å². The minimum atomic E-state index is -3.76. The smallest absolute Gasteiger partial charge is 0.244 e. The number of sulfonamides is 1. The predicted octanol–water partition coefficient (Wildman–Crippen LogP) is 2.81. The molecule has 0 aliphatic carbocycles. The molecular weight excluding hydrogens is 335 g/mol. The van der Waals surface area contributed by atoms with E-state index in [4.69, 9.17) is 33.7 Å². The first-order chi connectivity index (χ1) is 9.90. The molecule has 1 unspecified atom stereocenters. The van der Waals surface area contributed by atoms with Gasteiger partial charge in [-0.15, -0.1) is 0 Å². The maximum atomic E-state index is 12.3. The molecule has 0 bridgehead atoms. The number of hydrogen-bond acceptors (Lipinski definition) is 4. The largest absolute Gasteiger partial charge is 0.398 e. The minimum Gasteiger partial charge on any atom is -0.398 e. The van der Waals surface area contributed by atoms with E-state index in [1.807, 2.05) is 0 Å². The highest BCUT2D eigenvalue weighted by atomic mass is 35.5. The van der Waals surface area contributed by atoms with Crippen LogP contribution in [0, 0.1) is 0 Å². The van der Waals surface area contributed by atoms with Crippen molar-refractivity contribution in [2.45, 2.75) is 36.7 Å². The van der Waals surface area contributed by atoms with Gasteiger partial charge in [0.2, 0.25) is 10.0 Å². The molecule has 0 saturated carbocycles. The average Bonchev–Trinajstić information content (AvgIpc) is 2.38. The highest BCUT2D eigenvalue weighted by Crippen LogP contribution is 2.31. The molecule has 1 atom stereocenters. The number of rotatable bonds is 5. The van der Waals surface area contributed by atoms with Gasteiger partial charge in [-0.25, -0.2) is 13.1 Å². The molecule has 1 aromatic rings. The lowest BCUT2D eigenvalue weighted by Gasteiger charge is -2.22. The molecule has 3 N–H and O–H groups in total. The monoisotopic (exact) mass is 352 g/mol. The molecule has 5 nitrogen and oxygen atoms in total. The first-order valence-corrected chi connectivity index (χ1v) is 9.00. The molecule has 0 radical (unpaired) electrons. The summed E-state index contributed by atoms with van der Waals surface area (Å²) >= 11 is 11.7. The van der Waals surface area contributed by atoms with Gasteiger partial charge in [-0.2, -0.15) is 0 Å². The predicted molar refractivity (Wildman–Crippen MR) is 84.3 cm³/mol. The fourth-order valence-electron chi connectivity index (χ4n) is 2.33. The zero-order valence-corrected chi connectivity index (χ0v) is 13.8. The topological polar surface area (TPSA) is 81.4 Å². The third-order valence-electron chi connectivity index (χ3n) is 3.34. The van der Waals surface area contributed by atoms with Crippen LogP contribution in [0.4, 0.5) is 5.69 Å². The second-order valence-electron chi connectivity index (χ2n) is 4.98. The van der Waals surface area contributed by atoms with E-state index in [0.29, 0.717) is 11.4 Å². The molecule has 1 aliphatic rings. The fraction of sp³-hybridized carbons (Fsp3) is 0.538. The van der Waals surface area contributed by atoms with Crippen molar-refractivity contribution in [1.82, 2.24) is 4.72 Å². The Morgan fingerprint density at radius 3 is 2.71 bits per heavy atom. The van der Waals surface area contributed by atoms with E-state index in [9.17, 15) is 8.42 Å². The molecule has 2 rings (SSSR count). The van der Waals surface area contributed by atoms with Gasteiger partial charge in [0.1, 0.15) is 4.90 Å². The molecule has 118 valence electrons. The van der Waals surface area contributed by atoms with Crippen molar-refractivity contribution in [3.8, 4) is 0 Å². The molecule has 1 aromatic carbocycles. The Morgan fingerprint density at radius 2 is 2.10 bits per heavy atom. The average molecular weight is 353 g/mol. The van der Waals surface area contributed by atoms with Gasteiger partial charge < -0.3 is 10.5 Å². The van der Waals surface area contributed by atoms with Crippen LogP contribution in [0.3, 0.4) is 0 Å². The van der Waals surface area contributed by atoms with Crippen LogP contribution in [-0.4, -0.2) is 27.7 Å². The van der Waals surface area contributed by atoms with Crippen LogP contribution >= 0.6 is 23.2 Å². The van der Waals surface area contributed by atoms with Crippen molar-refractivity contribution in [1.29, 1.82) is 0 Å². The van der Waals surface area contributed by atoms with Crippen molar-refractivity contribution in [2.24, 2.45) is 0 Å². The number of benzene rings is 1. The van der Waals surface area contributed by atoms with E-state index in [0.717, 1.165) is 25.9 Å². The summed E-state index contributed by atoms with van der Waals surface area (Å²) in [6.45, 7) is 1.03. The summed E-state index contributed by atoms with van der Waals surface area (Å²) in [5.74, 6) is 0. The van der Waals surface area contributed by atoms with E-state index < -0.39 is 10.0 Å². The zero-order valence-electron chi connectivity index (χ0n) is 11.4. The van der Waals surface area contributed by atoms with Gasteiger partial charge in [-0.1, -0.05) is 23.2 Å². The van der Waals surface area contributed by atoms with Crippen LogP contribution in [0.25, 0.3) is 0 Å².